The van der Waals surface area contributed by atoms with Gasteiger partial charge in [0.1, 0.15) is 0 Å². The van der Waals surface area contributed by atoms with E-state index in [1.54, 1.807) is 48.5 Å². The first-order valence-electron chi connectivity index (χ1n) is 6.52. The first-order valence-corrected chi connectivity index (χ1v) is 8.92. The third-order valence-electron chi connectivity index (χ3n) is 3.05. The molecule has 0 fully saturated rings. The van der Waals surface area contributed by atoms with Crippen LogP contribution < -0.4 is 4.72 Å². The highest BCUT2D eigenvalue weighted by Gasteiger charge is 2.16. The summed E-state index contributed by atoms with van der Waals surface area (Å²) < 4.78 is 26.5. The summed E-state index contributed by atoms with van der Waals surface area (Å²) in [6.07, 6.45) is -0.946. The molecule has 7 heteroatoms. The zero-order valence-electron chi connectivity index (χ0n) is 11.5. The molecule has 0 radical (unpaired) electrons. The summed E-state index contributed by atoms with van der Waals surface area (Å²) in [7, 11) is -3.59. The molecule has 0 saturated carbocycles. The van der Waals surface area contributed by atoms with Crippen molar-refractivity contribution in [1.29, 1.82) is 0 Å². The molecule has 118 valence electrons. The molecule has 0 heterocycles. The van der Waals surface area contributed by atoms with Gasteiger partial charge in [0.15, 0.2) is 0 Å². The number of aliphatic hydroxyl groups excluding tert-OH is 1. The third-order valence-corrected chi connectivity index (χ3v) is 4.97. The number of hydrogen-bond donors (Lipinski definition) is 2. The van der Waals surface area contributed by atoms with Crippen LogP contribution in [0.4, 0.5) is 0 Å². The smallest absolute Gasteiger partial charge is 0.215 e. The van der Waals surface area contributed by atoms with Crippen molar-refractivity contribution in [3.63, 3.8) is 0 Å². The van der Waals surface area contributed by atoms with E-state index in [4.69, 9.17) is 23.2 Å². The van der Waals surface area contributed by atoms with Crippen molar-refractivity contribution in [1.82, 2.24) is 4.72 Å². The van der Waals surface area contributed by atoms with Crippen molar-refractivity contribution in [2.75, 3.05) is 6.54 Å². The summed E-state index contributed by atoms with van der Waals surface area (Å²) in [5.74, 6) is -0.236. The van der Waals surface area contributed by atoms with E-state index >= 15 is 0 Å². The largest absolute Gasteiger partial charge is 0.387 e. The molecule has 1 unspecified atom stereocenters. The SMILES string of the molecule is O=S(=O)(Cc1ccccc1Cl)NCC(O)c1ccc(Cl)cc1. The Labute approximate surface area is 139 Å². The standard InChI is InChI=1S/C15H15Cl2NO3S/c16-13-7-5-11(6-8-13)15(19)9-18-22(20,21)10-12-3-1-2-4-14(12)17/h1-8,15,18-19H,9-10H2. The first-order chi connectivity index (χ1) is 10.4. The number of hydrogen-bond acceptors (Lipinski definition) is 3. The van der Waals surface area contributed by atoms with Gasteiger partial charge in [0.2, 0.25) is 10.0 Å². The number of halogens is 2. The molecular formula is C15H15Cl2NO3S. The number of benzene rings is 2. The summed E-state index contributed by atoms with van der Waals surface area (Å²) in [5, 5.41) is 10.9. The Morgan fingerprint density at radius 2 is 1.68 bits per heavy atom. The van der Waals surface area contributed by atoms with Crippen molar-refractivity contribution in [2.45, 2.75) is 11.9 Å². The highest BCUT2D eigenvalue weighted by molar-refractivity contribution is 7.88. The minimum atomic E-state index is -3.59. The minimum Gasteiger partial charge on any atom is -0.387 e. The van der Waals surface area contributed by atoms with Gasteiger partial charge >= 0.3 is 0 Å². The lowest BCUT2D eigenvalue weighted by Crippen LogP contribution is -2.29. The van der Waals surface area contributed by atoms with Gasteiger partial charge in [0, 0.05) is 16.6 Å². The van der Waals surface area contributed by atoms with Crippen LogP contribution in [-0.2, 0) is 15.8 Å². The molecule has 4 nitrogen and oxygen atoms in total. The van der Waals surface area contributed by atoms with E-state index in [0.29, 0.717) is 21.2 Å². The monoisotopic (exact) mass is 359 g/mol. The Bertz CT molecular complexity index is 733. The van der Waals surface area contributed by atoms with Crippen molar-refractivity contribution >= 4 is 33.2 Å². The molecule has 0 aliphatic rings. The predicted molar refractivity (Wildman–Crippen MR) is 88.5 cm³/mol. The van der Waals surface area contributed by atoms with E-state index in [1.807, 2.05) is 0 Å². The van der Waals surface area contributed by atoms with Gasteiger partial charge in [0.25, 0.3) is 0 Å². The lowest BCUT2D eigenvalue weighted by atomic mass is 10.1. The van der Waals surface area contributed by atoms with Crippen molar-refractivity contribution < 1.29 is 13.5 Å². The van der Waals surface area contributed by atoms with Gasteiger partial charge in [0.05, 0.1) is 11.9 Å². The van der Waals surface area contributed by atoms with Crippen LogP contribution in [0.15, 0.2) is 48.5 Å². The van der Waals surface area contributed by atoms with Crippen molar-refractivity contribution in [3.05, 3.63) is 69.7 Å². The number of rotatable bonds is 6. The van der Waals surface area contributed by atoms with Crippen LogP contribution in [0.3, 0.4) is 0 Å². The van der Waals surface area contributed by atoms with Crippen LogP contribution in [0.1, 0.15) is 17.2 Å². The molecule has 0 aliphatic carbocycles. The molecule has 2 aromatic rings. The molecule has 2 aromatic carbocycles. The summed E-state index contributed by atoms with van der Waals surface area (Å²) in [6.45, 7) is -0.117. The Hall–Kier alpha value is -1.11. The lowest BCUT2D eigenvalue weighted by molar-refractivity contribution is 0.182. The van der Waals surface area contributed by atoms with Gasteiger partial charge in [-0.05, 0) is 29.3 Å². The van der Waals surface area contributed by atoms with Crippen molar-refractivity contribution in [3.8, 4) is 0 Å². The lowest BCUT2D eigenvalue weighted by Gasteiger charge is -2.13. The Morgan fingerprint density at radius 3 is 2.32 bits per heavy atom. The molecule has 0 bridgehead atoms. The highest BCUT2D eigenvalue weighted by Crippen LogP contribution is 2.18. The Kier molecular flexibility index (Phi) is 5.83. The zero-order chi connectivity index (χ0) is 16.2. The summed E-state index contributed by atoms with van der Waals surface area (Å²) in [4.78, 5) is 0. The van der Waals surface area contributed by atoms with Crippen LogP contribution >= 0.6 is 23.2 Å². The number of nitrogens with one attached hydrogen (secondary N) is 1. The van der Waals surface area contributed by atoms with Crippen LogP contribution in [0.25, 0.3) is 0 Å². The number of sulfonamides is 1. The van der Waals surface area contributed by atoms with E-state index < -0.39 is 16.1 Å². The molecule has 1 atom stereocenters. The second-order valence-corrected chi connectivity index (χ2v) is 7.42. The van der Waals surface area contributed by atoms with E-state index in [1.165, 1.54) is 0 Å². The van der Waals surface area contributed by atoms with E-state index in [-0.39, 0.29) is 12.3 Å². The maximum Gasteiger partial charge on any atom is 0.215 e. The topological polar surface area (TPSA) is 66.4 Å². The fourth-order valence-corrected chi connectivity index (χ4v) is 3.46. The van der Waals surface area contributed by atoms with E-state index in [0.717, 1.165) is 0 Å². The maximum absolute atomic E-state index is 12.0. The maximum atomic E-state index is 12.0. The molecule has 2 N–H and O–H groups in total. The molecule has 0 aliphatic heterocycles. The van der Waals surface area contributed by atoms with Crippen LogP contribution in [0.5, 0.6) is 0 Å². The molecule has 0 saturated heterocycles. The Balaban J connectivity index is 1.98. The van der Waals surface area contributed by atoms with Gasteiger partial charge in [-0.15, -0.1) is 0 Å². The third kappa shape index (κ3) is 4.97. The van der Waals surface area contributed by atoms with E-state index in [2.05, 4.69) is 4.72 Å². The average molecular weight is 360 g/mol. The molecule has 0 aromatic heterocycles. The highest BCUT2D eigenvalue weighted by atomic mass is 35.5. The van der Waals surface area contributed by atoms with Gasteiger partial charge in [-0.3, -0.25) is 0 Å². The molecular weight excluding hydrogens is 345 g/mol. The number of aliphatic hydroxyl groups is 1. The fourth-order valence-electron chi connectivity index (χ4n) is 1.88. The van der Waals surface area contributed by atoms with Crippen molar-refractivity contribution in [2.24, 2.45) is 0 Å². The predicted octanol–water partition coefficient (Wildman–Crippen LogP) is 3.15. The molecule has 0 spiro atoms. The first kappa shape index (κ1) is 17.2. The fraction of sp³-hybridized carbons (Fsp3) is 0.200. The van der Waals surface area contributed by atoms with Crippen LogP contribution in [0, 0.1) is 0 Å². The van der Waals surface area contributed by atoms with Gasteiger partial charge in [-0.2, -0.15) is 0 Å². The molecule has 2 rings (SSSR count). The normalized spacial score (nSPS) is 13.0. The van der Waals surface area contributed by atoms with Crippen LogP contribution in [-0.4, -0.2) is 20.1 Å². The molecule has 22 heavy (non-hydrogen) atoms. The molecule has 0 amide bonds. The Morgan fingerprint density at radius 1 is 1.05 bits per heavy atom. The quantitative estimate of drug-likeness (QED) is 0.832. The summed E-state index contributed by atoms with van der Waals surface area (Å²) >= 11 is 11.7. The van der Waals surface area contributed by atoms with Gasteiger partial charge in [-0.25, -0.2) is 13.1 Å². The summed E-state index contributed by atoms with van der Waals surface area (Å²) in [5.41, 5.74) is 1.10. The summed E-state index contributed by atoms with van der Waals surface area (Å²) in [6, 6.07) is 13.3. The van der Waals surface area contributed by atoms with E-state index in [9.17, 15) is 13.5 Å². The zero-order valence-corrected chi connectivity index (χ0v) is 13.9. The average Bonchev–Trinajstić information content (AvgIpc) is 2.48. The van der Waals surface area contributed by atoms with Gasteiger partial charge < -0.3 is 5.11 Å². The second-order valence-electron chi connectivity index (χ2n) is 4.77. The second kappa shape index (κ2) is 7.44. The van der Waals surface area contributed by atoms with Gasteiger partial charge in [-0.1, -0.05) is 53.5 Å². The minimum absolute atomic E-state index is 0.117. The van der Waals surface area contributed by atoms with Crippen LogP contribution in [0.2, 0.25) is 10.0 Å².